The van der Waals surface area contributed by atoms with E-state index in [4.69, 9.17) is 15.2 Å². The number of H-pyrrole nitrogens is 1. The number of nitrogens with one attached hydrogen (secondary N) is 1. The Bertz CT molecular complexity index is 1880. The summed E-state index contributed by atoms with van der Waals surface area (Å²) in [6.07, 6.45) is 1.41. The molecule has 3 heterocycles. The number of hydrogen-bond donors (Lipinski definition) is 2. The number of quaternary nitrogens is 1. The van der Waals surface area contributed by atoms with Crippen LogP contribution in [-0.4, -0.2) is 64.3 Å². The second-order valence-electron chi connectivity index (χ2n) is 11.0. The molecule has 5 aromatic rings. The zero-order valence-electron chi connectivity index (χ0n) is 23.9. The summed E-state index contributed by atoms with van der Waals surface area (Å²) in [5.41, 5.74) is 10.3. The average Bonchev–Trinajstić information content (AvgIpc) is 3.58. The lowest BCUT2D eigenvalue weighted by molar-refractivity contribution is -0.837. The minimum atomic E-state index is -1.08. The van der Waals surface area contributed by atoms with E-state index in [0.29, 0.717) is 65.6 Å². The molecule has 6 rings (SSSR count). The van der Waals surface area contributed by atoms with Crippen LogP contribution in [0.3, 0.4) is 0 Å². The van der Waals surface area contributed by atoms with Crippen molar-refractivity contribution in [3.63, 3.8) is 0 Å². The van der Waals surface area contributed by atoms with Gasteiger partial charge in [-0.25, -0.2) is 13.9 Å². The normalized spacial score (nSPS) is 14.6. The Morgan fingerprint density at radius 3 is 2.49 bits per heavy atom. The Labute approximate surface area is 246 Å². The molecule has 1 fully saturated rings. The number of benzene rings is 3. The molecule has 11 heteroatoms. The lowest BCUT2D eigenvalue weighted by Gasteiger charge is -2.34. The van der Waals surface area contributed by atoms with Gasteiger partial charge < -0.3 is 20.2 Å². The Hall–Kier alpha value is -4.87. The average molecular weight is 587 g/mol. The second-order valence-corrected chi connectivity index (χ2v) is 11.0. The summed E-state index contributed by atoms with van der Waals surface area (Å²) in [6.45, 7) is 5.89. The molecular formula is C32H30F2N5O4+. The summed E-state index contributed by atoms with van der Waals surface area (Å²) >= 11 is 0. The zero-order chi connectivity index (χ0) is 30.5. The quantitative estimate of drug-likeness (QED) is 0.202. The minimum Gasteiger partial charge on any atom is -0.454 e. The van der Waals surface area contributed by atoms with Crippen LogP contribution in [0.15, 0.2) is 60.8 Å². The van der Waals surface area contributed by atoms with Gasteiger partial charge >= 0.3 is 5.91 Å². The van der Waals surface area contributed by atoms with Crippen molar-refractivity contribution in [2.24, 2.45) is 0 Å². The van der Waals surface area contributed by atoms with Crippen LogP contribution in [0.4, 0.5) is 14.6 Å². The highest BCUT2D eigenvalue weighted by Crippen LogP contribution is 2.32. The number of carbonyl (C=O) groups excluding carboxylic acids is 2. The fourth-order valence-corrected chi connectivity index (χ4v) is 5.50. The molecule has 0 spiro atoms. The van der Waals surface area contributed by atoms with Crippen LogP contribution in [0.25, 0.3) is 16.6 Å². The molecule has 0 atom stereocenters. The number of nitrogen functional groups attached to an aromatic ring is 1. The number of amides is 1. The first-order valence-corrected chi connectivity index (χ1v) is 13.8. The van der Waals surface area contributed by atoms with Gasteiger partial charge in [-0.3, -0.25) is 9.28 Å². The summed E-state index contributed by atoms with van der Waals surface area (Å²) in [5.74, 6) is -2.20. The highest BCUT2D eigenvalue weighted by atomic mass is 19.2. The van der Waals surface area contributed by atoms with Crippen LogP contribution in [0.5, 0.6) is 11.5 Å². The summed E-state index contributed by atoms with van der Waals surface area (Å²) in [6, 6.07) is 14.1. The van der Waals surface area contributed by atoms with Crippen LogP contribution in [0.2, 0.25) is 0 Å². The van der Waals surface area contributed by atoms with E-state index in [1.165, 1.54) is 23.0 Å². The predicted octanol–water partition coefficient (Wildman–Crippen LogP) is 5.47. The third kappa shape index (κ3) is 5.06. The number of nitrogens with zero attached hydrogens (tertiary/aromatic N) is 3. The summed E-state index contributed by atoms with van der Waals surface area (Å²) in [4.78, 5) is 30.0. The predicted molar refractivity (Wildman–Crippen MR) is 157 cm³/mol. The van der Waals surface area contributed by atoms with Crippen molar-refractivity contribution in [2.45, 2.75) is 13.8 Å². The number of aryl methyl sites for hydroxylation is 2. The van der Waals surface area contributed by atoms with Gasteiger partial charge in [0.2, 0.25) is 11.6 Å². The summed E-state index contributed by atoms with van der Waals surface area (Å²) in [5, 5.41) is 5.13. The molecule has 0 aliphatic carbocycles. The Morgan fingerprint density at radius 2 is 1.77 bits per heavy atom. The molecule has 0 bridgehead atoms. The van der Waals surface area contributed by atoms with Crippen LogP contribution in [-0.2, 0) is 4.74 Å². The molecule has 43 heavy (non-hydrogen) atoms. The third-order valence-corrected chi connectivity index (χ3v) is 7.93. The maximum Gasteiger partial charge on any atom is 0.345 e. The topological polar surface area (TPSA) is 112 Å². The number of ether oxygens (including phenoxy) is 2. The van der Waals surface area contributed by atoms with Crippen molar-refractivity contribution in [1.29, 1.82) is 0 Å². The Morgan fingerprint density at radius 1 is 1.05 bits per heavy atom. The fourth-order valence-electron chi connectivity index (χ4n) is 5.50. The van der Waals surface area contributed by atoms with Crippen molar-refractivity contribution in [2.75, 3.05) is 39.1 Å². The van der Waals surface area contributed by atoms with E-state index in [2.05, 4.69) is 10.1 Å². The van der Waals surface area contributed by atoms with Gasteiger partial charge in [-0.2, -0.15) is 9.49 Å². The standard InChI is InChI=1S/C32H29F2N5O4/c1-18-13-22(43-27-6-4-5-24(33)28(27)34)14-19(2)29(18)38-31(35)23(17-36-38)30(40)26-16-21-15-20(7-8-25(21)37-26)32(41)39(3)9-11-42-12-10-39/h4-8,13-17H,9-12H2,1-3H3,(H2-,35,36,37,40,41)/p+1. The van der Waals surface area contributed by atoms with Crippen LogP contribution in [0, 0.1) is 25.5 Å². The van der Waals surface area contributed by atoms with Crippen LogP contribution >= 0.6 is 0 Å². The van der Waals surface area contributed by atoms with Gasteiger partial charge in [0, 0.05) is 10.9 Å². The van der Waals surface area contributed by atoms with Crippen LogP contribution in [0.1, 0.15) is 37.5 Å². The monoisotopic (exact) mass is 586 g/mol. The number of likely N-dealkylation sites (N-methyl/N-ethyl adjacent to an activating group) is 1. The van der Waals surface area contributed by atoms with Crippen molar-refractivity contribution in [3.05, 3.63) is 100 Å². The molecule has 9 nitrogen and oxygen atoms in total. The fraction of sp³-hybridized carbons (Fsp3) is 0.219. The number of rotatable bonds is 6. The first kappa shape index (κ1) is 28.3. The van der Waals surface area contributed by atoms with Crippen molar-refractivity contribution in [1.82, 2.24) is 14.8 Å². The third-order valence-electron chi connectivity index (χ3n) is 7.93. The molecule has 1 saturated heterocycles. The molecule has 3 N–H and O–H groups in total. The Kier molecular flexibility index (Phi) is 7.07. The Balaban J connectivity index is 1.27. The molecule has 0 unspecified atom stereocenters. The van der Waals surface area contributed by atoms with E-state index in [1.807, 2.05) is 7.05 Å². The minimum absolute atomic E-state index is 0.00743. The highest BCUT2D eigenvalue weighted by Gasteiger charge is 2.35. The zero-order valence-corrected chi connectivity index (χ0v) is 23.9. The van der Waals surface area contributed by atoms with E-state index in [-0.39, 0.29) is 33.3 Å². The van der Waals surface area contributed by atoms with Gasteiger partial charge in [-0.05, 0) is 73.5 Å². The first-order chi connectivity index (χ1) is 20.6. The lowest BCUT2D eigenvalue weighted by atomic mass is 10.1. The second kappa shape index (κ2) is 10.8. The molecule has 1 aliphatic rings. The van der Waals surface area contributed by atoms with Gasteiger partial charge in [0.05, 0.1) is 49.0 Å². The highest BCUT2D eigenvalue weighted by molar-refractivity contribution is 6.12. The van der Waals surface area contributed by atoms with Crippen molar-refractivity contribution >= 4 is 28.4 Å². The molecule has 220 valence electrons. The van der Waals surface area contributed by atoms with Gasteiger partial charge in [0.25, 0.3) is 0 Å². The number of anilines is 1. The number of aromatic amines is 1. The molecule has 0 radical (unpaired) electrons. The number of nitrogens with two attached hydrogens (primary N) is 1. The number of fused-ring (bicyclic) bond motifs is 1. The van der Waals surface area contributed by atoms with E-state index in [0.717, 1.165) is 11.5 Å². The molecule has 0 saturated carbocycles. The number of halogens is 2. The van der Waals surface area contributed by atoms with Crippen molar-refractivity contribution < 1.29 is 32.3 Å². The van der Waals surface area contributed by atoms with E-state index in [1.54, 1.807) is 50.2 Å². The summed E-state index contributed by atoms with van der Waals surface area (Å²) < 4.78 is 40.5. The smallest absolute Gasteiger partial charge is 0.345 e. The molecule has 1 amide bonds. The van der Waals surface area contributed by atoms with Gasteiger partial charge in [0.15, 0.2) is 11.6 Å². The van der Waals surface area contributed by atoms with E-state index >= 15 is 0 Å². The maximum atomic E-state index is 14.1. The number of ketones is 1. The maximum absolute atomic E-state index is 14.1. The molecule has 1 aliphatic heterocycles. The molecule has 2 aromatic heterocycles. The number of aromatic nitrogens is 3. The van der Waals surface area contributed by atoms with Gasteiger partial charge in [-0.15, -0.1) is 0 Å². The van der Waals surface area contributed by atoms with Crippen molar-refractivity contribution in [3.8, 4) is 17.2 Å². The van der Waals surface area contributed by atoms with E-state index < -0.39 is 11.6 Å². The molecular weight excluding hydrogens is 556 g/mol. The first-order valence-electron chi connectivity index (χ1n) is 13.8. The van der Waals surface area contributed by atoms with Crippen LogP contribution < -0.4 is 10.5 Å². The van der Waals surface area contributed by atoms with Gasteiger partial charge in [-0.1, -0.05) is 6.07 Å². The number of carbonyl (C=O) groups is 2. The lowest BCUT2D eigenvalue weighted by Crippen LogP contribution is -2.55. The summed E-state index contributed by atoms with van der Waals surface area (Å²) in [7, 11) is 1.91. The number of morpholine rings is 1. The SMILES string of the molecule is Cc1cc(Oc2cccc(F)c2F)cc(C)c1-n1ncc(C(=O)c2cc3cc(C(=O)[N+]4(C)CCOCC4)ccc3[nH]2)c1N. The molecule has 3 aromatic carbocycles. The van der Waals surface area contributed by atoms with Gasteiger partial charge in [0.1, 0.15) is 24.7 Å². The van der Waals surface area contributed by atoms with E-state index in [9.17, 15) is 18.4 Å². The number of hydrogen-bond acceptors (Lipinski definition) is 6. The largest absolute Gasteiger partial charge is 0.454 e.